The number of pyridine rings is 1. The van der Waals surface area contributed by atoms with E-state index < -0.39 is 0 Å². The third-order valence-corrected chi connectivity index (χ3v) is 1.70. The molecule has 74 valence electrons. The van der Waals surface area contributed by atoms with Gasteiger partial charge >= 0.3 is 0 Å². The van der Waals surface area contributed by atoms with Gasteiger partial charge in [-0.05, 0) is 12.1 Å². The molecule has 0 spiro atoms. The first-order valence-corrected chi connectivity index (χ1v) is 3.89. The van der Waals surface area contributed by atoms with Crippen molar-refractivity contribution >= 4 is 18.2 Å². The number of allylic oxidation sites excluding steroid dienone is 2. The molecule has 14 heavy (non-hydrogen) atoms. The molecule has 0 aromatic carbocycles. The van der Waals surface area contributed by atoms with Crippen molar-refractivity contribution in [3.8, 4) is 0 Å². The summed E-state index contributed by atoms with van der Waals surface area (Å²) < 4.78 is 0. The van der Waals surface area contributed by atoms with Gasteiger partial charge in [0, 0.05) is 6.20 Å². The predicted octanol–water partition coefficient (Wildman–Crippen LogP) is -0.800. The minimum atomic E-state index is 0. The van der Waals surface area contributed by atoms with Gasteiger partial charge < -0.3 is 12.4 Å². The van der Waals surface area contributed by atoms with Gasteiger partial charge in [-0.25, -0.2) is 9.88 Å². The highest BCUT2D eigenvalue weighted by molar-refractivity contribution is 5.85. The van der Waals surface area contributed by atoms with Crippen LogP contribution in [0.3, 0.4) is 0 Å². The Morgan fingerprint density at radius 2 is 2.21 bits per heavy atom. The lowest BCUT2D eigenvalue weighted by molar-refractivity contribution is -0.00000259. The molecule has 1 aliphatic rings. The molecule has 0 bridgehead atoms. The molecule has 2 rings (SSSR count). The van der Waals surface area contributed by atoms with Crippen LogP contribution in [-0.4, -0.2) is 11.5 Å². The summed E-state index contributed by atoms with van der Waals surface area (Å²) in [6.07, 6.45) is 10.6. The lowest BCUT2D eigenvalue weighted by Crippen LogP contribution is -3.00. The molecule has 0 saturated heterocycles. The van der Waals surface area contributed by atoms with Crippen LogP contribution < -0.4 is 17.3 Å². The normalized spacial score (nSPS) is 12.4. The maximum Gasteiger partial charge on any atom is 0.177 e. The Bertz CT molecular complexity index is 309. The van der Waals surface area contributed by atoms with Crippen LogP contribution in [0.15, 0.2) is 42.7 Å². The summed E-state index contributed by atoms with van der Waals surface area (Å²) in [6.45, 7) is 0.855. The summed E-state index contributed by atoms with van der Waals surface area (Å²) >= 11 is 0. The van der Waals surface area contributed by atoms with Gasteiger partial charge in [0.05, 0.1) is 18.7 Å². The summed E-state index contributed by atoms with van der Waals surface area (Å²) in [6, 6.07) is 5.89. The van der Waals surface area contributed by atoms with Crippen molar-refractivity contribution in [1.29, 1.82) is 0 Å². The van der Waals surface area contributed by atoms with Crippen LogP contribution >= 0.6 is 12.4 Å². The quantitative estimate of drug-likeness (QED) is 0.586. The minimum absolute atomic E-state index is 0. The van der Waals surface area contributed by atoms with Crippen LogP contribution in [0.4, 0.5) is 5.82 Å². The molecule has 1 aliphatic heterocycles. The summed E-state index contributed by atoms with van der Waals surface area (Å²) in [5.74, 6) is 0.978. The highest BCUT2D eigenvalue weighted by Crippen LogP contribution is 2.11. The van der Waals surface area contributed by atoms with Crippen molar-refractivity contribution < 1.29 is 12.4 Å². The first-order valence-electron chi connectivity index (χ1n) is 3.89. The number of aromatic nitrogens is 1. The largest absolute Gasteiger partial charge is 1.00 e. The van der Waals surface area contributed by atoms with Crippen molar-refractivity contribution in [1.82, 2.24) is 4.98 Å². The Kier molecular flexibility index (Phi) is 5.89. The van der Waals surface area contributed by atoms with Crippen LogP contribution in [-0.2, 0) is 0 Å². The topological polar surface area (TPSA) is 16.1 Å². The zero-order valence-corrected chi connectivity index (χ0v) is 9.00. The molecule has 0 aliphatic carbocycles. The van der Waals surface area contributed by atoms with E-state index in [0.717, 1.165) is 12.4 Å². The minimum Gasteiger partial charge on any atom is -1.00 e. The molecule has 1 aromatic rings. The van der Waals surface area contributed by atoms with Gasteiger partial charge in [-0.3, -0.25) is 0 Å². The van der Waals surface area contributed by atoms with Crippen LogP contribution in [0.1, 0.15) is 0 Å². The molecule has 0 atom stereocenters. The second-order valence-corrected chi connectivity index (χ2v) is 2.53. The molecule has 0 fully saturated rings. The fraction of sp³-hybridized carbons (Fsp3) is 0.100. The molecule has 2 heterocycles. The molecule has 0 N–H and O–H groups in total. The Morgan fingerprint density at radius 3 is 2.79 bits per heavy atom. The summed E-state index contributed by atoms with van der Waals surface area (Å²) in [4.78, 5) is 6.30. The second kappa shape index (κ2) is 6.39. The third kappa shape index (κ3) is 3.00. The summed E-state index contributed by atoms with van der Waals surface area (Å²) in [7, 11) is 0. The van der Waals surface area contributed by atoms with E-state index in [2.05, 4.69) is 16.0 Å². The average Bonchev–Trinajstić information content (AvgIpc) is 2.21. The molecular weight excluding hydrogens is 219 g/mol. The molecular formula is C10H10Cl2N2. The number of nitrogens with zero attached hydrogens (tertiary/aromatic N) is 2. The Labute approximate surface area is 96.2 Å². The van der Waals surface area contributed by atoms with Gasteiger partial charge in [-0.15, -0.1) is 12.4 Å². The average molecular weight is 229 g/mol. The van der Waals surface area contributed by atoms with E-state index in [9.17, 15) is 0 Å². The van der Waals surface area contributed by atoms with Gasteiger partial charge in [0.15, 0.2) is 6.08 Å². The van der Waals surface area contributed by atoms with Crippen molar-refractivity contribution in [3.05, 3.63) is 48.8 Å². The number of hydrogen-bond donors (Lipinski definition) is 0. The van der Waals surface area contributed by atoms with Gasteiger partial charge in [-0.2, -0.15) is 0 Å². The van der Waals surface area contributed by atoms with Crippen molar-refractivity contribution in [2.45, 2.75) is 0 Å². The Balaban J connectivity index is 0.000000845. The number of halogens is 2. The third-order valence-electron chi connectivity index (χ3n) is 1.70. The zero-order chi connectivity index (χ0) is 8.23. The van der Waals surface area contributed by atoms with Crippen LogP contribution in [0.25, 0.3) is 0 Å². The molecule has 1 aromatic heterocycles. The molecule has 0 unspecified atom stereocenters. The van der Waals surface area contributed by atoms with E-state index in [0.29, 0.717) is 0 Å². The summed E-state index contributed by atoms with van der Waals surface area (Å²) in [5.41, 5.74) is 0. The van der Waals surface area contributed by atoms with Crippen molar-refractivity contribution in [3.63, 3.8) is 0 Å². The van der Waals surface area contributed by atoms with E-state index in [1.54, 1.807) is 6.20 Å². The number of hydrogen-bond acceptors (Lipinski definition) is 2. The predicted molar refractivity (Wildman–Crippen MR) is 55.8 cm³/mol. The first kappa shape index (κ1) is 12.9. The standard InChI is InChI=1S/C10H9N2.2ClH/c1-4-8-12(9-5-1)10-6-2-3-7-11-10;;/h2-8H,9H2;2*1H/q+1;;/p-1. The van der Waals surface area contributed by atoms with Gasteiger partial charge in [-0.1, -0.05) is 6.07 Å². The van der Waals surface area contributed by atoms with Gasteiger partial charge in [0.2, 0.25) is 0 Å². The Hall–Kier alpha value is -1.08. The van der Waals surface area contributed by atoms with Crippen LogP contribution in [0, 0.1) is 6.08 Å². The van der Waals surface area contributed by atoms with Gasteiger partial charge in [0.25, 0.3) is 0 Å². The van der Waals surface area contributed by atoms with Crippen molar-refractivity contribution in [2.75, 3.05) is 11.4 Å². The lowest BCUT2D eigenvalue weighted by atomic mass is 10.3. The van der Waals surface area contributed by atoms with E-state index >= 15 is 0 Å². The second-order valence-electron chi connectivity index (χ2n) is 2.53. The van der Waals surface area contributed by atoms with Gasteiger partial charge in [0.1, 0.15) is 12.0 Å². The number of rotatable bonds is 1. The van der Waals surface area contributed by atoms with E-state index in [4.69, 9.17) is 0 Å². The first-order chi connectivity index (χ1) is 5.97. The smallest absolute Gasteiger partial charge is 0.177 e. The monoisotopic (exact) mass is 228 g/mol. The van der Waals surface area contributed by atoms with Crippen LogP contribution in [0.5, 0.6) is 0 Å². The zero-order valence-electron chi connectivity index (χ0n) is 7.43. The molecule has 0 saturated carbocycles. The fourth-order valence-corrected chi connectivity index (χ4v) is 1.11. The highest BCUT2D eigenvalue weighted by atomic mass is 35.5. The summed E-state index contributed by atoms with van der Waals surface area (Å²) in [5, 5.41) is 0. The number of anilines is 1. The maximum atomic E-state index is 4.23. The maximum absolute atomic E-state index is 4.23. The SMILES string of the molecule is Cl.[C+]1=CCN(c2ccccn2)C=C1.[Cl-]. The molecule has 0 radical (unpaired) electrons. The lowest BCUT2D eigenvalue weighted by Gasteiger charge is -2.11. The Morgan fingerprint density at radius 1 is 1.36 bits per heavy atom. The fourth-order valence-electron chi connectivity index (χ4n) is 1.11. The van der Waals surface area contributed by atoms with Crippen LogP contribution in [0.2, 0.25) is 0 Å². The van der Waals surface area contributed by atoms with E-state index in [1.807, 2.05) is 36.6 Å². The molecule has 4 heteroatoms. The highest BCUT2D eigenvalue weighted by Gasteiger charge is 2.09. The van der Waals surface area contributed by atoms with Crippen molar-refractivity contribution in [2.24, 2.45) is 0 Å². The van der Waals surface area contributed by atoms with E-state index in [-0.39, 0.29) is 24.8 Å². The van der Waals surface area contributed by atoms with E-state index in [1.165, 1.54) is 0 Å². The molecule has 0 amide bonds. The molecule has 2 nitrogen and oxygen atoms in total.